The van der Waals surface area contributed by atoms with Gasteiger partial charge in [0.15, 0.2) is 0 Å². The van der Waals surface area contributed by atoms with Gasteiger partial charge in [-0.3, -0.25) is 9.19 Å². The summed E-state index contributed by atoms with van der Waals surface area (Å²) >= 11 is 0. The second-order valence-electron chi connectivity index (χ2n) is 3.85. The van der Waals surface area contributed by atoms with E-state index >= 15 is 0 Å². The lowest BCUT2D eigenvalue weighted by molar-refractivity contribution is 0.519. The van der Waals surface area contributed by atoms with Crippen LogP contribution in [0.15, 0.2) is 24.5 Å². The molecular formula is C11H16N2OS. The highest BCUT2D eigenvalue weighted by molar-refractivity contribution is 7.84. The minimum absolute atomic E-state index is 0.318. The molecule has 3 nitrogen and oxygen atoms in total. The Bertz CT molecular complexity index is 323. The molecular weight excluding hydrogens is 208 g/mol. The van der Waals surface area contributed by atoms with Crippen LogP contribution in [0.25, 0.3) is 0 Å². The monoisotopic (exact) mass is 224 g/mol. The lowest BCUT2D eigenvalue weighted by Gasteiger charge is -2.21. The molecule has 1 aliphatic heterocycles. The van der Waals surface area contributed by atoms with E-state index in [1.54, 1.807) is 12.4 Å². The van der Waals surface area contributed by atoms with Gasteiger partial charge in [0, 0.05) is 35.0 Å². The smallest absolute Gasteiger partial charge is 0.0504 e. The number of pyridine rings is 1. The molecule has 2 unspecified atom stereocenters. The average Bonchev–Trinajstić information content (AvgIpc) is 2.31. The predicted octanol–water partition coefficient (Wildman–Crippen LogP) is 1.08. The van der Waals surface area contributed by atoms with Crippen LogP contribution in [-0.4, -0.2) is 27.5 Å². The highest BCUT2D eigenvalue weighted by atomic mass is 32.2. The Morgan fingerprint density at radius 2 is 2.53 bits per heavy atom. The van der Waals surface area contributed by atoms with Gasteiger partial charge in [-0.15, -0.1) is 0 Å². The maximum absolute atomic E-state index is 12.0. The van der Waals surface area contributed by atoms with Crippen molar-refractivity contribution < 1.29 is 4.21 Å². The van der Waals surface area contributed by atoms with Crippen LogP contribution < -0.4 is 5.32 Å². The van der Waals surface area contributed by atoms with Crippen LogP contribution in [0.4, 0.5) is 0 Å². The minimum Gasteiger partial charge on any atom is -0.316 e. The molecule has 2 rings (SSSR count). The van der Waals surface area contributed by atoms with Crippen molar-refractivity contribution in [3.8, 4) is 0 Å². The van der Waals surface area contributed by atoms with Crippen LogP contribution in [0, 0.1) is 0 Å². The van der Waals surface area contributed by atoms with Crippen molar-refractivity contribution in [1.82, 2.24) is 10.3 Å². The predicted molar refractivity (Wildman–Crippen MR) is 62.0 cm³/mol. The van der Waals surface area contributed by atoms with Crippen LogP contribution in [-0.2, 0) is 16.6 Å². The summed E-state index contributed by atoms with van der Waals surface area (Å²) in [4.78, 5) is 4.03. The van der Waals surface area contributed by atoms with Gasteiger partial charge < -0.3 is 5.32 Å². The summed E-state index contributed by atoms with van der Waals surface area (Å²) in [6, 6.07) is 3.88. The number of nitrogens with zero attached hydrogens (tertiary/aromatic N) is 1. The molecule has 0 saturated carbocycles. The molecule has 0 aliphatic carbocycles. The van der Waals surface area contributed by atoms with Crippen LogP contribution in [0.2, 0.25) is 0 Å². The zero-order chi connectivity index (χ0) is 10.5. The molecule has 1 saturated heterocycles. The first kappa shape index (κ1) is 10.8. The number of hydrogen-bond acceptors (Lipinski definition) is 3. The van der Waals surface area contributed by atoms with Crippen molar-refractivity contribution in [2.24, 2.45) is 0 Å². The number of hydrogen-bond donors (Lipinski definition) is 1. The topological polar surface area (TPSA) is 42.0 Å². The van der Waals surface area contributed by atoms with E-state index in [4.69, 9.17) is 0 Å². The highest BCUT2D eigenvalue weighted by Crippen LogP contribution is 2.12. The Labute approximate surface area is 92.8 Å². The van der Waals surface area contributed by atoms with E-state index < -0.39 is 10.8 Å². The number of nitrogens with one attached hydrogen (secondary N) is 1. The van der Waals surface area contributed by atoms with Crippen LogP contribution in [0.3, 0.4) is 0 Å². The molecule has 0 aromatic carbocycles. The molecule has 82 valence electrons. The summed E-state index contributed by atoms with van der Waals surface area (Å²) in [5.41, 5.74) is 1.07. The maximum atomic E-state index is 12.0. The van der Waals surface area contributed by atoms with Gasteiger partial charge in [-0.2, -0.15) is 0 Å². The van der Waals surface area contributed by atoms with Gasteiger partial charge in [-0.25, -0.2) is 0 Å². The fraction of sp³-hybridized carbons (Fsp3) is 0.545. The van der Waals surface area contributed by atoms with E-state index in [0.717, 1.165) is 31.5 Å². The van der Waals surface area contributed by atoms with Crippen molar-refractivity contribution in [3.63, 3.8) is 0 Å². The molecule has 4 heteroatoms. The first-order valence-corrected chi connectivity index (χ1v) is 6.71. The third-order valence-corrected chi connectivity index (χ3v) is 4.42. The average molecular weight is 224 g/mol. The third kappa shape index (κ3) is 3.11. The van der Waals surface area contributed by atoms with E-state index in [-0.39, 0.29) is 0 Å². The lowest BCUT2D eigenvalue weighted by atomic mass is 10.2. The first-order valence-electron chi connectivity index (χ1n) is 5.33. The molecule has 0 radical (unpaired) electrons. The fourth-order valence-electron chi connectivity index (χ4n) is 1.81. The quantitative estimate of drug-likeness (QED) is 0.835. The Kier molecular flexibility index (Phi) is 3.86. The molecule has 1 aromatic rings. The van der Waals surface area contributed by atoms with Crippen LogP contribution >= 0.6 is 0 Å². The minimum atomic E-state index is -0.760. The molecule has 2 heterocycles. The summed E-state index contributed by atoms with van der Waals surface area (Å²) in [6.45, 7) is 1.97. The van der Waals surface area contributed by atoms with E-state index in [2.05, 4.69) is 10.3 Å². The van der Waals surface area contributed by atoms with Gasteiger partial charge in [0.25, 0.3) is 0 Å². The Morgan fingerprint density at radius 1 is 1.60 bits per heavy atom. The van der Waals surface area contributed by atoms with E-state index in [0.29, 0.717) is 11.0 Å². The third-order valence-electron chi connectivity index (χ3n) is 2.66. The van der Waals surface area contributed by atoms with Crippen molar-refractivity contribution in [2.45, 2.75) is 23.8 Å². The van der Waals surface area contributed by atoms with E-state index in [1.165, 1.54) is 0 Å². The Hall–Kier alpha value is -0.740. The SMILES string of the molecule is O=S(Cc1cccnc1)C1CCCNC1. The van der Waals surface area contributed by atoms with Crippen LogP contribution in [0.1, 0.15) is 18.4 Å². The Morgan fingerprint density at radius 3 is 3.20 bits per heavy atom. The largest absolute Gasteiger partial charge is 0.316 e. The van der Waals surface area contributed by atoms with E-state index in [9.17, 15) is 4.21 Å². The van der Waals surface area contributed by atoms with Gasteiger partial charge in [-0.1, -0.05) is 6.07 Å². The zero-order valence-corrected chi connectivity index (χ0v) is 9.50. The molecule has 0 spiro atoms. The normalized spacial score (nSPS) is 23.6. The van der Waals surface area contributed by atoms with Gasteiger partial charge in [-0.05, 0) is 31.0 Å². The van der Waals surface area contributed by atoms with Crippen LogP contribution in [0.5, 0.6) is 0 Å². The highest BCUT2D eigenvalue weighted by Gasteiger charge is 2.19. The van der Waals surface area contributed by atoms with Crippen molar-refractivity contribution in [1.29, 1.82) is 0 Å². The van der Waals surface area contributed by atoms with Gasteiger partial charge in [0.2, 0.25) is 0 Å². The van der Waals surface area contributed by atoms with Crippen molar-refractivity contribution >= 4 is 10.8 Å². The summed E-state index contributed by atoms with van der Waals surface area (Å²) in [5.74, 6) is 0.639. The fourth-order valence-corrected chi connectivity index (χ4v) is 3.28. The van der Waals surface area contributed by atoms with E-state index in [1.807, 2.05) is 12.1 Å². The molecule has 1 aromatic heterocycles. The van der Waals surface area contributed by atoms with Gasteiger partial charge >= 0.3 is 0 Å². The number of rotatable bonds is 3. The summed E-state index contributed by atoms with van der Waals surface area (Å²) < 4.78 is 12.0. The zero-order valence-electron chi connectivity index (χ0n) is 8.69. The second-order valence-corrected chi connectivity index (χ2v) is 5.57. The second kappa shape index (κ2) is 5.37. The standard InChI is InChI=1S/C11H16N2OS/c14-15(11-4-2-6-13-8-11)9-10-3-1-5-12-7-10/h1,3,5,7,11,13H,2,4,6,8-9H2. The molecule has 2 atom stereocenters. The molecule has 1 fully saturated rings. The molecule has 15 heavy (non-hydrogen) atoms. The first-order chi connectivity index (χ1) is 7.36. The molecule has 1 N–H and O–H groups in total. The van der Waals surface area contributed by atoms with Crippen molar-refractivity contribution in [3.05, 3.63) is 30.1 Å². The summed E-state index contributed by atoms with van der Waals surface area (Å²) in [6.07, 6.45) is 5.77. The summed E-state index contributed by atoms with van der Waals surface area (Å²) in [7, 11) is -0.760. The lowest BCUT2D eigenvalue weighted by Crippen LogP contribution is -2.36. The molecule has 0 bridgehead atoms. The molecule has 1 aliphatic rings. The number of aromatic nitrogens is 1. The summed E-state index contributed by atoms with van der Waals surface area (Å²) in [5, 5.41) is 3.61. The number of piperidine rings is 1. The van der Waals surface area contributed by atoms with Gasteiger partial charge in [0.1, 0.15) is 0 Å². The Balaban J connectivity index is 1.91. The van der Waals surface area contributed by atoms with Crippen molar-refractivity contribution in [2.75, 3.05) is 13.1 Å². The van der Waals surface area contributed by atoms with Gasteiger partial charge in [0.05, 0.1) is 5.75 Å². The molecule has 0 amide bonds. The maximum Gasteiger partial charge on any atom is 0.0504 e.